The Hall–Kier alpha value is -0.610. The fourth-order valence-corrected chi connectivity index (χ4v) is 2.64. The van der Waals surface area contributed by atoms with E-state index in [0.717, 1.165) is 0 Å². The number of nitrogen functional groups attached to an aromatic ring is 1. The first kappa shape index (κ1) is 8.97. The van der Waals surface area contributed by atoms with Crippen LogP contribution in [0.2, 0.25) is 0 Å². The van der Waals surface area contributed by atoms with Gasteiger partial charge in [0.2, 0.25) is 0 Å². The molecule has 0 aliphatic carbocycles. The number of aromatic nitrogens is 1. The highest BCUT2D eigenvalue weighted by Crippen LogP contribution is 2.31. The number of piperidine rings is 1. The van der Waals surface area contributed by atoms with Crippen LogP contribution in [0.3, 0.4) is 0 Å². The van der Waals surface area contributed by atoms with E-state index in [-0.39, 0.29) is 0 Å². The average molecular weight is 197 g/mol. The van der Waals surface area contributed by atoms with Crippen molar-refractivity contribution in [3.8, 4) is 0 Å². The predicted octanol–water partition coefficient (Wildman–Crippen LogP) is 1.53. The lowest BCUT2D eigenvalue weighted by Gasteiger charge is -2.27. The molecule has 1 aromatic rings. The summed E-state index contributed by atoms with van der Waals surface area (Å²) in [5.41, 5.74) is 5.61. The first-order valence-corrected chi connectivity index (χ1v) is 5.47. The highest BCUT2D eigenvalue weighted by molar-refractivity contribution is 7.15. The molecular weight excluding hydrogens is 182 g/mol. The molecule has 0 amide bonds. The SMILES string of the molecule is CN1CCC(c2cnc(N)s2)CC1. The highest BCUT2D eigenvalue weighted by atomic mass is 32.1. The Morgan fingerprint density at radius 1 is 1.54 bits per heavy atom. The molecule has 1 fully saturated rings. The molecule has 4 heteroatoms. The van der Waals surface area contributed by atoms with Crippen LogP contribution in [0.5, 0.6) is 0 Å². The van der Waals surface area contributed by atoms with E-state index in [4.69, 9.17) is 5.73 Å². The summed E-state index contributed by atoms with van der Waals surface area (Å²) in [6.45, 7) is 2.39. The van der Waals surface area contributed by atoms with E-state index in [2.05, 4.69) is 16.9 Å². The average Bonchev–Trinajstić information content (AvgIpc) is 2.53. The van der Waals surface area contributed by atoms with Gasteiger partial charge < -0.3 is 10.6 Å². The van der Waals surface area contributed by atoms with Crippen molar-refractivity contribution < 1.29 is 0 Å². The third-order valence-electron chi connectivity index (χ3n) is 2.66. The summed E-state index contributed by atoms with van der Waals surface area (Å²) in [6.07, 6.45) is 4.44. The molecule has 1 aromatic heterocycles. The summed E-state index contributed by atoms with van der Waals surface area (Å²) in [6, 6.07) is 0. The lowest BCUT2D eigenvalue weighted by atomic mass is 9.96. The van der Waals surface area contributed by atoms with Crippen molar-refractivity contribution in [3.05, 3.63) is 11.1 Å². The third-order valence-corrected chi connectivity index (χ3v) is 3.65. The molecule has 3 nitrogen and oxygen atoms in total. The van der Waals surface area contributed by atoms with Crippen molar-refractivity contribution in [2.24, 2.45) is 0 Å². The summed E-state index contributed by atoms with van der Waals surface area (Å²) >= 11 is 1.64. The zero-order valence-electron chi connectivity index (χ0n) is 7.86. The minimum absolute atomic E-state index is 0.700. The van der Waals surface area contributed by atoms with Crippen molar-refractivity contribution >= 4 is 16.5 Å². The molecule has 0 atom stereocenters. The normalized spacial score (nSPS) is 20.7. The third kappa shape index (κ3) is 2.00. The van der Waals surface area contributed by atoms with Crippen molar-refractivity contribution in [2.45, 2.75) is 18.8 Å². The Balaban J connectivity index is 2.02. The van der Waals surface area contributed by atoms with Crippen LogP contribution >= 0.6 is 11.3 Å². The first-order chi connectivity index (χ1) is 6.25. The minimum atomic E-state index is 0.700. The molecule has 13 heavy (non-hydrogen) atoms. The van der Waals surface area contributed by atoms with E-state index in [1.165, 1.54) is 30.8 Å². The molecule has 72 valence electrons. The van der Waals surface area contributed by atoms with E-state index in [1.807, 2.05) is 6.20 Å². The maximum atomic E-state index is 5.61. The molecule has 0 spiro atoms. The highest BCUT2D eigenvalue weighted by Gasteiger charge is 2.19. The van der Waals surface area contributed by atoms with E-state index in [9.17, 15) is 0 Å². The maximum absolute atomic E-state index is 5.61. The first-order valence-electron chi connectivity index (χ1n) is 4.65. The number of anilines is 1. The molecule has 0 saturated carbocycles. The Bertz CT molecular complexity index is 276. The van der Waals surface area contributed by atoms with Gasteiger partial charge in [0.05, 0.1) is 0 Å². The second-order valence-electron chi connectivity index (χ2n) is 3.68. The lowest BCUT2D eigenvalue weighted by molar-refractivity contribution is 0.257. The fourth-order valence-electron chi connectivity index (χ4n) is 1.78. The van der Waals surface area contributed by atoms with Gasteiger partial charge in [0, 0.05) is 11.1 Å². The number of likely N-dealkylation sites (tertiary alicyclic amines) is 1. The molecule has 1 aliphatic heterocycles. The summed E-state index contributed by atoms with van der Waals surface area (Å²) < 4.78 is 0. The summed E-state index contributed by atoms with van der Waals surface area (Å²) in [7, 11) is 2.18. The van der Waals surface area contributed by atoms with Gasteiger partial charge in [-0.2, -0.15) is 0 Å². The van der Waals surface area contributed by atoms with Gasteiger partial charge in [0.25, 0.3) is 0 Å². The van der Waals surface area contributed by atoms with Gasteiger partial charge >= 0.3 is 0 Å². The molecule has 0 unspecified atom stereocenters. The van der Waals surface area contributed by atoms with Gasteiger partial charge in [-0.25, -0.2) is 4.98 Å². The van der Waals surface area contributed by atoms with Crippen molar-refractivity contribution in [1.82, 2.24) is 9.88 Å². The standard InChI is InChI=1S/C9H15N3S/c1-12-4-2-7(3-5-12)8-6-11-9(10)13-8/h6-7H,2-5H2,1H3,(H2,10,11). The number of rotatable bonds is 1. The molecule has 2 N–H and O–H groups in total. The second kappa shape index (κ2) is 3.64. The van der Waals surface area contributed by atoms with Gasteiger partial charge in [0.1, 0.15) is 0 Å². The Morgan fingerprint density at radius 2 is 2.23 bits per heavy atom. The molecule has 0 radical (unpaired) electrons. The van der Waals surface area contributed by atoms with E-state index < -0.39 is 0 Å². The quantitative estimate of drug-likeness (QED) is 0.742. The molecule has 0 aromatic carbocycles. The summed E-state index contributed by atoms with van der Waals surface area (Å²) in [5, 5.41) is 0.703. The Morgan fingerprint density at radius 3 is 2.77 bits per heavy atom. The van der Waals surface area contributed by atoms with E-state index in [0.29, 0.717) is 11.0 Å². The van der Waals surface area contributed by atoms with Crippen LogP contribution in [0.4, 0.5) is 5.13 Å². The van der Waals surface area contributed by atoms with Gasteiger partial charge in [-0.15, -0.1) is 11.3 Å². The molecule has 2 rings (SSSR count). The van der Waals surface area contributed by atoms with Crippen LogP contribution < -0.4 is 5.73 Å². The van der Waals surface area contributed by atoms with E-state index >= 15 is 0 Å². The number of nitrogens with zero attached hydrogens (tertiary/aromatic N) is 2. The molecule has 1 aliphatic rings. The Kier molecular flexibility index (Phi) is 2.51. The lowest BCUT2D eigenvalue weighted by Crippen LogP contribution is -2.28. The van der Waals surface area contributed by atoms with Crippen molar-refractivity contribution in [2.75, 3.05) is 25.9 Å². The van der Waals surface area contributed by atoms with Crippen molar-refractivity contribution in [3.63, 3.8) is 0 Å². The van der Waals surface area contributed by atoms with Crippen LogP contribution in [-0.2, 0) is 0 Å². The molecule has 2 heterocycles. The summed E-state index contributed by atoms with van der Waals surface area (Å²) in [5.74, 6) is 0.700. The number of thiazole rings is 1. The van der Waals surface area contributed by atoms with Crippen LogP contribution in [0.15, 0.2) is 6.20 Å². The number of hydrogen-bond donors (Lipinski definition) is 1. The topological polar surface area (TPSA) is 42.2 Å². The van der Waals surface area contributed by atoms with Crippen LogP contribution in [0.1, 0.15) is 23.6 Å². The maximum Gasteiger partial charge on any atom is 0.180 e. The van der Waals surface area contributed by atoms with E-state index in [1.54, 1.807) is 11.3 Å². The van der Waals surface area contributed by atoms with Crippen LogP contribution in [-0.4, -0.2) is 30.0 Å². The fraction of sp³-hybridized carbons (Fsp3) is 0.667. The molecule has 0 bridgehead atoms. The predicted molar refractivity (Wildman–Crippen MR) is 56.0 cm³/mol. The number of hydrogen-bond acceptors (Lipinski definition) is 4. The van der Waals surface area contributed by atoms with Gasteiger partial charge in [-0.1, -0.05) is 0 Å². The smallest absolute Gasteiger partial charge is 0.180 e. The Labute approximate surface area is 82.6 Å². The second-order valence-corrected chi connectivity index (χ2v) is 4.77. The van der Waals surface area contributed by atoms with Gasteiger partial charge in [-0.3, -0.25) is 0 Å². The van der Waals surface area contributed by atoms with Crippen LogP contribution in [0, 0.1) is 0 Å². The van der Waals surface area contributed by atoms with Crippen molar-refractivity contribution in [1.29, 1.82) is 0 Å². The van der Waals surface area contributed by atoms with Gasteiger partial charge in [0.15, 0.2) is 5.13 Å². The summed E-state index contributed by atoms with van der Waals surface area (Å²) in [4.78, 5) is 7.84. The monoisotopic (exact) mass is 197 g/mol. The molecular formula is C9H15N3S. The minimum Gasteiger partial charge on any atom is -0.375 e. The molecule has 1 saturated heterocycles. The zero-order valence-corrected chi connectivity index (χ0v) is 8.68. The number of nitrogens with two attached hydrogens (primary N) is 1. The van der Waals surface area contributed by atoms with Crippen LogP contribution in [0.25, 0.3) is 0 Å². The largest absolute Gasteiger partial charge is 0.375 e. The van der Waals surface area contributed by atoms with Gasteiger partial charge in [-0.05, 0) is 38.9 Å². The zero-order chi connectivity index (χ0) is 9.26.